The minimum atomic E-state index is -1.07. The summed E-state index contributed by atoms with van der Waals surface area (Å²) in [4.78, 5) is 16.3. The predicted octanol–water partition coefficient (Wildman–Crippen LogP) is 4.95. The summed E-state index contributed by atoms with van der Waals surface area (Å²) in [5, 5.41) is 4.86. The average molecular weight is 537 g/mol. The van der Waals surface area contributed by atoms with Gasteiger partial charge in [-0.1, -0.05) is 17.7 Å². The van der Waals surface area contributed by atoms with Crippen molar-refractivity contribution in [3.63, 3.8) is 0 Å². The maximum atomic E-state index is 16.3. The number of nitrogens with zero attached hydrogens (tertiary/aromatic N) is 3. The smallest absolute Gasteiger partial charge is 0.259 e. The Balaban J connectivity index is 1.82. The van der Waals surface area contributed by atoms with Gasteiger partial charge in [-0.05, 0) is 55.5 Å². The van der Waals surface area contributed by atoms with E-state index in [1.165, 1.54) is 4.57 Å². The highest BCUT2D eigenvalue weighted by Crippen LogP contribution is 2.35. The Morgan fingerprint density at radius 3 is 2.49 bits per heavy atom. The van der Waals surface area contributed by atoms with E-state index in [1.807, 2.05) is 53.6 Å². The molecule has 4 rings (SSSR count). The van der Waals surface area contributed by atoms with Gasteiger partial charge in [0.1, 0.15) is 5.82 Å². The van der Waals surface area contributed by atoms with Gasteiger partial charge in [0.2, 0.25) is 0 Å². The van der Waals surface area contributed by atoms with Crippen LogP contribution in [0.25, 0.3) is 10.8 Å². The standard InChI is InChI=1S/C25H30ClFN4O2S2/c1-15-12-18(16(2)28-20-7-6-17(26)14-21(20)34-4)22-19(13-15)25(32)29(3)24(23(22)27)30-8-10-31(11-9-30)35(5)33/h6-7,12-14,16,28H,8-11H2,1-5H3/t16-,35?/m1/s1. The molecule has 2 atom stereocenters. The molecule has 0 amide bonds. The number of piperazine rings is 1. The number of hydrogen-bond acceptors (Lipinski definition) is 5. The number of thioether (sulfide) groups is 1. The van der Waals surface area contributed by atoms with E-state index in [2.05, 4.69) is 5.32 Å². The molecule has 0 bridgehead atoms. The molecule has 0 saturated carbocycles. The molecule has 1 aliphatic rings. The van der Waals surface area contributed by atoms with Crippen molar-refractivity contribution >= 4 is 56.6 Å². The Labute approximate surface area is 217 Å². The van der Waals surface area contributed by atoms with Crippen LogP contribution < -0.4 is 15.8 Å². The highest BCUT2D eigenvalue weighted by molar-refractivity contribution is 7.98. The summed E-state index contributed by atoms with van der Waals surface area (Å²) in [6.07, 6.45) is 3.63. The Hall–Kier alpha value is -2.07. The Kier molecular flexibility index (Phi) is 7.80. The number of nitrogens with one attached hydrogen (secondary N) is 1. The quantitative estimate of drug-likeness (QED) is 0.452. The summed E-state index contributed by atoms with van der Waals surface area (Å²) in [7, 11) is 0.547. The molecule has 2 heterocycles. The predicted molar refractivity (Wildman–Crippen MR) is 147 cm³/mol. The first-order valence-corrected chi connectivity index (χ1v) is 14.5. The number of fused-ring (bicyclic) bond motifs is 1. The minimum absolute atomic E-state index is 0.230. The zero-order chi connectivity index (χ0) is 25.4. The van der Waals surface area contributed by atoms with Crippen LogP contribution in [0.15, 0.2) is 40.0 Å². The van der Waals surface area contributed by atoms with Crippen LogP contribution in [-0.2, 0) is 18.0 Å². The van der Waals surface area contributed by atoms with Gasteiger partial charge in [0.05, 0.1) is 16.4 Å². The fraction of sp³-hybridized carbons (Fsp3) is 0.400. The maximum Gasteiger partial charge on any atom is 0.259 e. The van der Waals surface area contributed by atoms with Gasteiger partial charge in [0, 0.05) is 66.5 Å². The number of halogens is 2. The first kappa shape index (κ1) is 26.0. The van der Waals surface area contributed by atoms with Crippen LogP contribution in [0, 0.1) is 12.7 Å². The van der Waals surface area contributed by atoms with Crippen LogP contribution in [0.5, 0.6) is 0 Å². The van der Waals surface area contributed by atoms with Gasteiger partial charge in [-0.15, -0.1) is 11.8 Å². The molecule has 0 aliphatic carbocycles. The SMILES string of the molecule is CSc1cc(Cl)ccc1N[C@H](C)c1cc(C)cc2c(=O)n(C)c(N3CCN(S(C)=O)CC3)c(F)c12. The molecule has 188 valence electrons. The third-order valence-electron chi connectivity index (χ3n) is 6.49. The van der Waals surface area contributed by atoms with E-state index < -0.39 is 16.8 Å². The summed E-state index contributed by atoms with van der Waals surface area (Å²) in [6, 6.07) is 9.07. The summed E-state index contributed by atoms with van der Waals surface area (Å²) in [5.41, 5.74) is 2.29. The topological polar surface area (TPSA) is 57.6 Å². The van der Waals surface area contributed by atoms with E-state index in [9.17, 15) is 9.00 Å². The van der Waals surface area contributed by atoms with Gasteiger partial charge in [-0.2, -0.15) is 0 Å². The monoisotopic (exact) mass is 536 g/mol. The molecule has 2 aromatic carbocycles. The highest BCUT2D eigenvalue weighted by atomic mass is 35.5. The molecular weight excluding hydrogens is 507 g/mol. The Morgan fingerprint density at radius 1 is 1.17 bits per heavy atom. The van der Waals surface area contributed by atoms with Gasteiger partial charge >= 0.3 is 0 Å². The number of aromatic nitrogens is 1. The lowest BCUT2D eigenvalue weighted by Crippen LogP contribution is -2.48. The summed E-state index contributed by atoms with van der Waals surface area (Å²) < 4.78 is 31.4. The largest absolute Gasteiger partial charge is 0.378 e. The van der Waals surface area contributed by atoms with Crippen LogP contribution in [-0.4, -0.2) is 51.8 Å². The number of benzene rings is 2. The number of hydrogen-bond donors (Lipinski definition) is 1. The van der Waals surface area contributed by atoms with Crippen LogP contribution >= 0.6 is 23.4 Å². The number of aryl methyl sites for hydroxylation is 1. The average Bonchev–Trinajstić information content (AvgIpc) is 2.83. The van der Waals surface area contributed by atoms with E-state index in [0.717, 1.165) is 21.7 Å². The van der Waals surface area contributed by atoms with Crippen molar-refractivity contribution in [3.05, 3.63) is 62.7 Å². The molecule has 1 saturated heterocycles. The first-order valence-electron chi connectivity index (χ1n) is 11.4. The summed E-state index contributed by atoms with van der Waals surface area (Å²) in [5.74, 6) is -0.129. The van der Waals surface area contributed by atoms with Gasteiger partial charge in [0.15, 0.2) is 5.82 Å². The maximum absolute atomic E-state index is 16.3. The molecule has 3 aromatic rings. The van der Waals surface area contributed by atoms with Crippen molar-refractivity contribution in [1.29, 1.82) is 0 Å². The summed E-state index contributed by atoms with van der Waals surface area (Å²) >= 11 is 7.74. The fourth-order valence-corrected chi connectivity index (χ4v) is 6.21. The van der Waals surface area contributed by atoms with Crippen molar-refractivity contribution in [2.24, 2.45) is 7.05 Å². The fourth-order valence-electron chi connectivity index (χ4n) is 4.71. The lowest BCUT2D eigenvalue weighted by Gasteiger charge is -2.35. The molecule has 1 unspecified atom stereocenters. The van der Waals surface area contributed by atoms with E-state index in [-0.39, 0.29) is 17.4 Å². The number of anilines is 2. The van der Waals surface area contributed by atoms with Crippen molar-refractivity contribution in [2.75, 3.05) is 48.9 Å². The minimum Gasteiger partial charge on any atom is -0.378 e. The van der Waals surface area contributed by atoms with Gasteiger partial charge in [0.25, 0.3) is 5.56 Å². The van der Waals surface area contributed by atoms with E-state index in [4.69, 9.17) is 11.6 Å². The Bertz CT molecular complexity index is 1360. The normalized spacial score (nSPS) is 16.5. The molecule has 1 aromatic heterocycles. The second-order valence-corrected chi connectivity index (χ2v) is 11.5. The van der Waals surface area contributed by atoms with Crippen molar-refractivity contribution in [2.45, 2.75) is 24.8 Å². The van der Waals surface area contributed by atoms with E-state index in [0.29, 0.717) is 42.0 Å². The van der Waals surface area contributed by atoms with Crippen LogP contribution in [0.4, 0.5) is 15.9 Å². The lowest BCUT2D eigenvalue weighted by molar-refractivity contribution is 0.405. The molecule has 6 nitrogen and oxygen atoms in total. The molecule has 10 heteroatoms. The molecule has 0 radical (unpaired) electrons. The zero-order valence-electron chi connectivity index (χ0n) is 20.5. The Morgan fingerprint density at radius 2 is 1.86 bits per heavy atom. The highest BCUT2D eigenvalue weighted by Gasteiger charge is 2.27. The third-order valence-corrected chi connectivity index (χ3v) is 8.59. The molecule has 1 fully saturated rings. The first-order chi connectivity index (χ1) is 16.6. The second kappa shape index (κ2) is 10.5. The van der Waals surface area contributed by atoms with Gasteiger partial charge < -0.3 is 10.2 Å². The molecule has 35 heavy (non-hydrogen) atoms. The molecule has 1 aliphatic heterocycles. The molecule has 0 spiro atoms. The third kappa shape index (κ3) is 5.09. The van der Waals surface area contributed by atoms with Crippen molar-refractivity contribution < 1.29 is 8.60 Å². The number of pyridine rings is 1. The van der Waals surface area contributed by atoms with Gasteiger partial charge in [-0.25, -0.2) is 12.9 Å². The van der Waals surface area contributed by atoms with E-state index >= 15 is 4.39 Å². The molecular formula is C25H30ClFN4O2S2. The van der Waals surface area contributed by atoms with Crippen LogP contribution in [0.1, 0.15) is 24.1 Å². The van der Waals surface area contributed by atoms with Gasteiger partial charge in [-0.3, -0.25) is 9.36 Å². The second-order valence-electron chi connectivity index (χ2n) is 8.83. The summed E-state index contributed by atoms with van der Waals surface area (Å²) in [6.45, 7) is 5.96. The van der Waals surface area contributed by atoms with Crippen molar-refractivity contribution in [1.82, 2.24) is 8.87 Å². The van der Waals surface area contributed by atoms with E-state index in [1.54, 1.807) is 31.1 Å². The van der Waals surface area contributed by atoms with Crippen LogP contribution in [0.2, 0.25) is 5.02 Å². The molecule has 1 N–H and O–H groups in total. The van der Waals surface area contributed by atoms with Crippen molar-refractivity contribution in [3.8, 4) is 0 Å². The van der Waals surface area contributed by atoms with Crippen LogP contribution in [0.3, 0.4) is 0 Å². The lowest BCUT2D eigenvalue weighted by atomic mass is 9.96. The zero-order valence-corrected chi connectivity index (χ0v) is 22.9. The number of rotatable bonds is 6.